The van der Waals surface area contributed by atoms with E-state index in [4.69, 9.17) is 0 Å². The van der Waals surface area contributed by atoms with Crippen LogP contribution in [0.1, 0.15) is 30.1 Å². The van der Waals surface area contributed by atoms with Gasteiger partial charge in [-0.1, -0.05) is 0 Å². The van der Waals surface area contributed by atoms with Gasteiger partial charge >= 0.3 is 0 Å². The van der Waals surface area contributed by atoms with Gasteiger partial charge in [-0.3, -0.25) is 0 Å². The molecule has 0 spiro atoms. The van der Waals surface area contributed by atoms with Gasteiger partial charge in [0.2, 0.25) is 0 Å². The largest absolute Gasteiger partial charge is 0.373 e. The lowest BCUT2D eigenvalue weighted by atomic mass is 10.2. The quantitative estimate of drug-likeness (QED) is 0.901. The van der Waals surface area contributed by atoms with Crippen molar-refractivity contribution in [2.24, 2.45) is 0 Å². The van der Waals surface area contributed by atoms with E-state index in [0.29, 0.717) is 17.6 Å². The Kier molecular flexibility index (Phi) is 3.45. The van der Waals surface area contributed by atoms with Gasteiger partial charge in [-0.05, 0) is 31.4 Å². The molecule has 0 bridgehead atoms. The highest BCUT2D eigenvalue weighted by Gasteiger charge is 2.27. The minimum absolute atomic E-state index is 0.0700. The number of rotatable bonds is 4. The van der Waals surface area contributed by atoms with Crippen molar-refractivity contribution in [1.29, 1.82) is 0 Å². The summed E-state index contributed by atoms with van der Waals surface area (Å²) in [6.07, 6.45) is 2.14. The number of hydrogen-bond acceptors (Lipinski definition) is 4. The fourth-order valence-electron chi connectivity index (χ4n) is 2.06. The third kappa shape index (κ3) is 2.94. The molecule has 2 aromatic rings. The van der Waals surface area contributed by atoms with Gasteiger partial charge in [0.1, 0.15) is 29.1 Å². The predicted octanol–water partition coefficient (Wildman–Crippen LogP) is 3.73. The standard InChI is InChI=1S/C15H16F2N4/c1-8-5-11(17)12(6-10(8)16)19-14-7-13(18-2)20-15(21-14)9-3-4-9/h5-7,9H,3-4H2,1-2H3,(H2,18,19,20,21). The van der Waals surface area contributed by atoms with Crippen LogP contribution in [0.2, 0.25) is 0 Å². The van der Waals surface area contributed by atoms with Gasteiger partial charge < -0.3 is 10.6 Å². The Morgan fingerprint density at radius 2 is 1.76 bits per heavy atom. The topological polar surface area (TPSA) is 49.8 Å². The van der Waals surface area contributed by atoms with Crippen molar-refractivity contribution in [3.05, 3.63) is 41.2 Å². The summed E-state index contributed by atoms with van der Waals surface area (Å²) in [4.78, 5) is 8.76. The first-order valence-corrected chi connectivity index (χ1v) is 6.86. The first-order chi connectivity index (χ1) is 10.1. The van der Waals surface area contributed by atoms with E-state index >= 15 is 0 Å². The van der Waals surface area contributed by atoms with Gasteiger partial charge in [-0.2, -0.15) is 0 Å². The molecule has 0 saturated heterocycles. The Morgan fingerprint density at radius 3 is 2.43 bits per heavy atom. The van der Waals surface area contributed by atoms with Crippen LogP contribution in [0.5, 0.6) is 0 Å². The third-order valence-electron chi connectivity index (χ3n) is 3.45. The van der Waals surface area contributed by atoms with Crippen molar-refractivity contribution in [2.45, 2.75) is 25.7 Å². The van der Waals surface area contributed by atoms with Crippen molar-refractivity contribution in [3.8, 4) is 0 Å². The number of hydrogen-bond donors (Lipinski definition) is 2. The van der Waals surface area contributed by atoms with Crippen molar-refractivity contribution in [3.63, 3.8) is 0 Å². The highest BCUT2D eigenvalue weighted by atomic mass is 19.1. The Bertz CT molecular complexity index is 684. The number of aromatic nitrogens is 2. The predicted molar refractivity (Wildman–Crippen MR) is 77.9 cm³/mol. The van der Waals surface area contributed by atoms with Gasteiger partial charge in [0, 0.05) is 25.1 Å². The summed E-state index contributed by atoms with van der Waals surface area (Å²) >= 11 is 0. The lowest BCUT2D eigenvalue weighted by Crippen LogP contribution is -2.04. The molecule has 1 aliphatic rings. The average molecular weight is 290 g/mol. The minimum Gasteiger partial charge on any atom is -0.373 e. The molecule has 1 heterocycles. The molecule has 3 rings (SSSR count). The van der Waals surface area contributed by atoms with E-state index in [0.717, 1.165) is 24.7 Å². The molecule has 1 aromatic carbocycles. The summed E-state index contributed by atoms with van der Waals surface area (Å²) < 4.78 is 27.5. The molecule has 1 fully saturated rings. The van der Waals surface area contributed by atoms with Gasteiger partial charge in [-0.25, -0.2) is 18.7 Å². The van der Waals surface area contributed by atoms with E-state index in [1.165, 1.54) is 13.0 Å². The average Bonchev–Trinajstić information content (AvgIpc) is 3.29. The number of halogens is 2. The Balaban J connectivity index is 1.94. The van der Waals surface area contributed by atoms with Crippen LogP contribution in [-0.4, -0.2) is 17.0 Å². The molecule has 0 radical (unpaired) electrons. The fourth-order valence-corrected chi connectivity index (χ4v) is 2.06. The summed E-state index contributed by atoms with van der Waals surface area (Å²) in [6.45, 7) is 1.52. The number of anilines is 3. The molecule has 0 unspecified atom stereocenters. The van der Waals surface area contributed by atoms with Crippen LogP contribution < -0.4 is 10.6 Å². The van der Waals surface area contributed by atoms with Crippen LogP contribution >= 0.6 is 0 Å². The van der Waals surface area contributed by atoms with Crippen LogP contribution in [-0.2, 0) is 0 Å². The molecule has 1 saturated carbocycles. The molecule has 21 heavy (non-hydrogen) atoms. The van der Waals surface area contributed by atoms with Crippen LogP contribution in [0.15, 0.2) is 18.2 Å². The number of benzene rings is 1. The second-order valence-corrected chi connectivity index (χ2v) is 5.23. The zero-order chi connectivity index (χ0) is 15.0. The maximum absolute atomic E-state index is 13.9. The molecule has 0 atom stereocenters. The molecule has 4 nitrogen and oxygen atoms in total. The normalized spacial score (nSPS) is 14.1. The smallest absolute Gasteiger partial charge is 0.147 e. The lowest BCUT2D eigenvalue weighted by Gasteiger charge is -2.11. The molecule has 0 amide bonds. The maximum Gasteiger partial charge on any atom is 0.147 e. The fraction of sp³-hybridized carbons (Fsp3) is 0.333. The Hall–Kier alpha value is -2.24. The maximum atomic E-state index is 13.9. The van der Waals surface area contributed by atoms with Crippen molar-refractivity contribution < 1.29 is 8.78 Å². The second-order valence-electron chi connectivity index (χ2n) is 5.23. The summed E-state index contributed by atoms with van der Waals surface area (Å²) in [6, 6.07) is 3.98. The first kappa shape index (κ1) is 13.7. The van der Waals surface area contributed by atoms with Crippen molar-refractivity contribution in [2.75, 3.05) is 17.7 Å². The summed E-state index contributed by atoms with van der Waals surface area (Å²) in [5.41, 5.74) is 0.343. The zero-order valence-corrected chi connectivity index (χ0v) is 11.9. The van der Waals surface area contributed by atoms with Crippen LogP contribution in [0.3, 0.4) is 0 Å². The lowest BCUT2D eigenvalue weighted by molar-refractivity contribution is 0.595. The number of aryl methyl sites for hydroxylation is 1. The Labute approximate surface area is 121 Å². The Morgan fingerprint density at radius 1 is 1.05 bits per heavy atom. The van der Waals surface area contributed by atoms with Crippen LogP contribution in [0, 0.1) is 18.6 Å². The van der Waals surface area contributed by atoms with E-state index in [1.54, 1.807) is 13.1 Å². The van der Waals surface area contributed by atoms with E-state index in [1.807, 2.05) is 0 Å². The minimum atomic E-state index is -0.508. The van der Waals surface area contributed by atoms with E-state index in [-0.39, 0.29) is 11.3 Å². The highest BCUT2D eigenvalue weighted by Crippen LogP contribution is 2.39. The molecular formula is C15H16F2N4. The molecule has 1 aliphatic carbocycles. The summed E-state index contributed by atoms with van der Waals surface area (Å²) in [5.74, 6) is 1.26. The highest BCUT2D eigenvalue weighted by molar-refractivity contribution is 5.60. The third-order valence-corrected chi connectivity index (χ3v) is 3.45. The van der Waals surface area contributed by atoms with Gasteiger partial charge in [0.15, 0.2) is 0 Å². The van der Waals surface area contributed by atoms with Gasteiger partial charge in [0.25, 0.3) is 0 Å². The SMILES string of the molecule is CNc1cc(Nc2cc(F)c(C)cc2F)nc(C2CC2)n1. The monoisotopic (exact) mass is 290 g/mol. The van der Waals surface area contributed by atoms with Crippen LogP contribution in [0.25, 0.3) is 0 Å². The second kappa shape index (κ2) is 5.27. The first-order valence-electron chi connectivity index (χ1n) is 6.86. The summed E-state index contributed by atoms with van der Waals surface area (Å²) in [7, 11) is 1.76. The number of nitrogens with one attached hydrogen (secondary N) is 2. The molecule has 0 aliphatic heterocycles. The molecule has 6 heteroatoms. The van der Waals surface area contributed by atoms with Crippen molar-refractivity contribution >= 4 is 17.3 Å². The van der Waals surface area contributed by atoms with Gasteiger partial charge in [-0.15, -0.1) is 0 Å². The van der Waals surface area contributed by atoms with E-state index in [2.05, 4.69) is 20.6 Å². The molecular weight excluding hydrogens is 274 g/mol. The molecule has 1 aromatic heterocycles. The van der Waals surface area contributed by atoms with Crippen molar-refractivity contribution in [1.82, 2.24) is 9.97 Å². The van der Waals surface area contributed by atoms with Crippen LogP contribution in [0.4, 0.5) is 26.1 Å². The summed E-state index contributed by atoms with van der Waals surface area (Å²) in [5, 5.41) is 5.78. The van der Waals surface area contributed by atoms with E-state index in [9.17, 15) is 8.78 Å². The van der Waals surface area contributed by atoms with Gasteiger partial charge in [0.05, 0.1) is 5.69 Å². The van der Waals surface area contributed by atoms with E-state index < -0.39 is 11.6 Å². The number of nitrogens with zero attached hydrogens (tertiary/aromatic N) is 2. The molecule has 2 N–H and O–H groups in total. The zero-order valence-electron chi connectivity index (χ0n) is 11.9. The molecule has 110 valence electrons.